The van der Waals surface area contributed by atoms with Gasteiger partial charge in [-0.25, -0.2) is 0 Å². The maximum atomic E-state index is 12.1. The van der Waals surface area contributed by atoms with E-state index < -0.39 is 0 Å². The van der Waals surface area contributed by atoms with Crippen molar-refractivity contribution in [3.05, 3.63) is 0 Å². The van der Waals surface area contributed by atoms with Crippen LogP contribution in [0.25, 0.3) is 0 Å². The Bertz CT molecular complexity index is 243. The van der Waals surface area contributed by atoms with Crippen LogP contribution in [0.3, 0.4) is 0 Å². The van der Waals surface area contributed by atoms with Gasteiger partial charge in [0.1, 0.15) is 0 Å². The minimum Gasteiger partial charge on any atom is -0.391 e. The zero-order chi connectivity index (χ0) is 12.3. The first-order valence-electron chi connectivity index (χ1n) is 6.09. The molecule has 16 heavy (non-hydrogen) atoms. The van der Waals surface area contributed by atoms with Crippen molar-refractivity contribution in [3.8, 4) is 0 Å². The molecule has 0 aliphatic carbocycles. The Morgan fingerprint density at radius 3 is 2.69 bits per heavy atom. The summed E-state index contributed by atoms with van der Waals surface area (Å²) in [6, 6.07) is 0.173. The second kappa shape index (κ2) is 5.64. The van der Waals surface area contributed by atoms with Crippen molar-refractivity contribution < 1.29 is 9.90 Å². The van der Waals surface area contributed by atoms with Crippen molar-refractivity contribution in [2.24, 2.45) is 5.92 Å². The summed E-state index contributed by atoms with van der Waals surface area (Å²) in [6.07, 6.45) is 1.22. The number of likely N-dealkylation sites (N-methyl/N-ethyl adjacent to an activating group) is 1. The van der Waals surface area contributed by atoms with Crippen LogP contribution in [0.2, 0.25) is 0 Å². The van der Waals surface area contributed by atoms with E-state index >= 15 is 0 Å². The number of aliphatic hydroxyl groups is 1. The van der Waals surface area contributed by atoms with Gasteiger partial charge in [0.2, 0.25) is 5.91 Å². The highest BCUT2D eigenvalue weighted by Crippen LogP contribution is 2.21. The number of amides is 1. The summed E-state index contributed by atoms with van der Waals surface area (Å²) in [7, 11) is 3.99. The molecule has 1 heterocycles. The lowest BCUT2D eigenvalue weighted by Gasteiger charge is -2.28. The summed E-state index contributed by atoms with van der Waals surface area (Å²) in [5, 5.41) is 9.67. The fourth-order valence-corrected chi connectivity index (χ4v) is 2.21. The number of carbonyl (C=O) groups excluding carboxylic acids is 1. The summed E-state index contributed by atoms with van der Waals surface area (Å²) in [5.41, 5.74) is 0. The first kappa shape index (κ1) is 13.5. The number of carbonyl (C=O) groups is 1. The number of rotatable bonds is 4. The smallest absolute Gasteiger partial charge is 0.225 e. The number of aliphatic hydroxyl groups excluding tert-OH is 1. The molecule has 0 bridgehead atoms. The van der Waals surface area contributed by atoms with E-state index in [-0.39, 0.29) is 24.0 Å². The van der Waals surface area contributed by atoms with Gasteiger partial charge in [-0.3, -0.25) is 4.79 Å². The molecule has 1 rings (SSSR count). The molecule has 0 aromatic rings. The first-order chi connectivity index (χ1) is 7.45. The van der Waals surface area contributed by atoms with Crippen LogP contribution < -0.4 is 0 Å². The fourth-order valence-electron chi connectivity index (χ4n) is 2.21. The van der Waals surface area contributed by atoms with Gasteiger partial charge < -0.3 is 14.9 Å². The Hall–Kier alpha value is -0.610. The molecular formula is C12H24N2O2. The zero-order valence-corrected chi connectivity index (χ0v) is 10.8. The summed E-state index contributed by atoms with van der Waals surface area (Å²) >= 11 is 0. The van der Waals surface area contributed by atoms with Crippen molar-refractivity contribution in [1.82, 2.24) is 9.80 Å². The van der Waals surface area contributed by atoms with Crippen molar-refractivity contribution in [2.45, 2.75) is 38.8 Å². The van der Waals surface area contributed by atoms with E-state index in [0.29, 0.717) is 13.0 Å². The molecule has 1 saturated heterocycles. The number of β-amino-alcohol motifs (C(OH)–C–C–N with tert-alkyl or cyclic N) is 1. The minimum absolute atomic E-state index is 0.0648. The highest BCUT2D eigenvalue weighted by atomic mass is 16.3. The van der Waals surface area contributed by atoms with Gasteiger partial charge >= 0.3 is 0 Å². The number of hydrogen-bond acceptors (Lipinski definition) is 3. The van der Waals surface area contributed by atoms with Crippen LogP contribution in [0.4, 0.5) is 0 Å². The maximum absolute atomic E-state index is 12.1. The van der Waals surface area contributed by atoms with Crippen LogP contribution in [-0.4, -0.2) is 60.1 Å². The third-order valence-corrected chi connectivity index (χ3v) is 3.29. The second-order valence-electron chi connectivity index (χ2n) is 5.11. The molecule has 1 fully saturated rings. The first-order valence-corrected chi connectivity index (χ1v) is 6.09. The SMILES string of the molecule is CCC(C)C(=O)N1CC(O)CC1CN(C)C. The minimum atomic E-state index is -0.349. The quantitative estimate of drug-likeness (QED) is 0.764. The highest BCUT2D eigenvalue weighted by molar-refractivity contribution is 5.79. The molecule has 1 N–H and O–H groups in total. The lowest BCUT2D eigenvalue weighted by Crippen LogP contribution is -2.43. The summed E-state index contributed by atoms with van der Waals surface area (Å²) in [6.45, 7) is 5.32. The zero-order valence-electron chi connectivity index (χ0n) is 10.8. The fraction of sp³-hybridized carbons (Fsp3) is 0.917. The Balaban J connectivity index is 2.65. The average Bonchev–Trinajstić information content (AvgIpc) is 2.56. The molecule has 1 aliphatic heterocycles. The van der Waals surface area contributed by atoms with Gasteiger partial charge in [-0.05, 0) is 26.9 Å². The lowest BCUT2D eigenvalue weighted by molar-refractivity contribution is -0.136. The molecule has 94 valence electrons. The van der Waals surface area contributed by atoms with Gasteiger partial charge in [-0.15, -0.1) is 0 Å². The van der Waals surface area contributed by atoms with Crippen LogP contribution in [0.15, 0.2) is 0 Å². The van der Waals surface area contributed by atoms with E-state index in [0.717, 1.165) is 13.0 Å². The Morgan fingerprint density at radius 1 is 1.56 bits per heavy atom. The van der Waals surface area contributed by atoms with Crippen molar-refractivity contribution in [3.63, 3.8) is 0 Å². The molecule has 0 aromatic heterocycles. The Labute approximate surface area is 98.2 Å². The summed E-state index contributed by atoms with van der Waals surface area (Å²) in [5.74, 6) is 0.251. The monoisotopic (exact) mass is 228 g/mol. The van der Waals surface area contributed by atoms with Gasteiger partial charge in [0.15, 0.2) is 0 Å². The topological polar surface area (TPSA) is 43.8 Å². The Kier molecular flexibility index (Phi) is 4.74. The molecular weight excluding hydrogens is 204 g/mol. The molecule has 3 unspecified atom stereocenters. The van der Waals surface area contributed by atoms with Gasteiger partial charge in [0.25, 0.3) is 0 Å². The standard InChI is InChI=1S/C12H24N2O2/c1-5-9(2)12(16)14-8-11(15)6-10(14)7-13(3)4/h9-11,15H,5-8H2,1-4H3. The van der Waals surface area contributed by atoms with E-state index in [2.05, 4.69) is 4.90 Å². The molecule has 0 aromatic carbocycles. The third kappa shape index (κ3) is 3.19. The van der Waals surface area contributed by atoms with Crippen LogP contribution in [0.1, 0.15) is 26.7 Å². The second-order valence-corrected chi connectivity index (χ2v) is 5.11. The lowest BCUT2D eigenvalue weighted by atomic mass is 10.1. The van der Waals surface area contributed by atoms with Crippen molar-refractivity contribution >= 4 is 5.91 Å². The van der Waals surface area contributed by atoms with E-state index in [9.17, 15) is 9.90 Å². The van der Waals surface area contributed by atoms with Crippen LogP contribution >= 0.6 is 0 Å². The largest absolute Gasteiger partial charge is 0.391 e. The number of likely N-dealkylation sites (tertiary alicyclic amines) is 1. The van der Waals surface area contributed by atoms with E-state index in [1.807, 2.05) is 32.8 Å². The molecule has 0 radical (unpaired) electrons. The predicted molar refractivity (Wildman–Crippen MR) is 64.1 cm³/mol. The average molecular weight is 228 g/mol. The normalized spacial score (nSPS) is 27.5. The van der Waals surface area contributed by atoms with E-state index in [4.69, 9.17) is 0 Å². The molecule has 4 nitrogen and oxygen atoms in total. The molecule has 0 saturated carbocycles. The van der Waals surface area contributed by atoms with Crippen LogP contribution in [0.5, 0.6) is 0 Å². The molecule has 0 spiro atoms. The molecule has 1 aliphatic rings. The number of hydrogen-bond donors (Lipinski definition) is 1. The van der Waals surface area contributed by atoms with Gasteiger partial charge in [0, 0.05) is 25.0 Å². The summed E-state index contributed by atoms with van der Waals surface area (Å²) in [4.78, 5) is 16.0. The van der Waals surface area contributed by atoms with Crippen LogP contribution in [0, 0.1) is 5.92 Å². The van der Waals surface area contributed by atoms with E-state index in [1.54, 1.807) is 0 Å². The summed E-state index contributed by atoms with van der Waals surface area (Å²) < 4.78 is 0. The van der Waals surface area contributed by atoms with Crippen molar-refractivity contribution in [1.29, 1.82) is 0 Å². The highest BCUT2D eigenvalue weighted by Gasteiger charge is 2.35. The Morgan fingerprint density at radius 2 is 2.19 bits per heavy atom. The molecule has 4 heteroatoms. The molecule has 1 amide bonds. The van der Waals surface area contributed by atoms with Gasteiger partial charge in [-0.2, -0.15) is 0 Å². The van der Waals surface area contributed by atoms with Gasteiger partial charge in [0.05, 0.1) is 6.10 Å². The number of nitrogens with zero attached hydrogens (tertiary/aromatic N) is 2. The van der Waals surface area contributed by atoms with Crippen LogP contribution in [-0.2, 0) is 4.79 Å². The predicted octanol–water partition coefficient (Wildman–Crippen LogP) is 0.556. The third-order valence-electron chi connectivity index (χ3n) is 3.29. The maximum Gasteiger partial charge on any atom is 0.225 e. The van der Waals surface area contributed by atoms with Crippen molar-refractivity contribution in [2.75, 3.05) is 27.2 Å². The molecule has 3 atom stereocenters. The van der Waals surface area contributed by atoms with Gasteiger partial charge in [-0.1, -0.05) is 13.8 Å². The van der Waals surface area contributed by atoms with E-state index in [1.165, 1.54) is 0 Å².